The Morgan fingerprint density at radius 1 is 1.46 bits per heavy atom. The third-order valence-corrected chi connectivity index (χ3v) is 1.84. The number of nitrogens with zero attached hydrogens (tertiary/aromatic N) is 1. The Kier molecular flexibility index (Phi) is 3.39. The van der Waals surface area contributed by atoms with Gasteiger partial charge in [0.05, 0.1) is 18.3 Å². The van der Waals surface area contributed by atoms with Crippen LogP contribution in [-0.2, 0) is 4.74 Å². The summed E-state index contributed by atoms with van der Waals surface area (Å²) in [5.74, 6) is 0. The zero-order chi connectivity index (χ0) is 9.84. The molecule has 1 aromatic rings. The second-order valence-corrected chi connectivity index (χ2v) is 3.27. The number of pyridine rings is 1. The monoisotopic (exact) mass is 180 g/mol. The van der Waals surface area contributed by atoms with Crippen molar-refractivity contribution in [3.05, 3.63) is 29.1 Å². The molecule has 72 valence electrons. The van der Waals surface area contributed by atoms with Gasteiger partial charge >= 0.3 is 0 Å². The number of nitrogens with two attached hydrogens (primary N) is 1. The topological polar surface area (TPSA) is 48.1 Å². The fourth-order valence-corrected chi connectivity index (χ4v) is 1.33. The summed E-state index contributed by atoms with van der Waals surface area (Å²) in [5.41, 5.74) is 8.95. The van der Waals surface area contributed by atoms with Crippen LogP contribution in [0.1, 0.15) is 23.0 Å². The van der Waals surface area contributed by atoms with Crippen molar-refractivity contribution in [3.8, 4) is 0 Å². The van der Waals surface area contributed by atoms with E-state index in [0.29, 0.717) is 6.61 Å². The molecule has 0 aliphatic carbocycles. The van der Waals surface area contributed by atoms with Crippen LogP contribution in [0.3, 0.4) is 0 Å². The molecular weight excluding hydrogens is 164 g/mol. The minimum absolute atomic E-state index is 0.122. The molecule has 3 heteroatoms. The van der Waals surface area contributed by atoms with Crippen LogP contribution in [0, 0.1) is 13.8 Å². The molecule has 13 heavy (non-hydrogen) atoms. The van der Waals surface area contributed by atoms with Gasteiger partial charge in [-0.2, -0.15) is 0 Å². The van der Waals surface area contributed by atoms with Crippen molar-refractivity contribution in [2.45, 2.75) is 19.9 Å². The molecule has 0 radical (unpaired) electrons. The fourth-order valence-electron chi connectivity index (χ4n) is 1.33. The van der Waals surface area contributed by atoms with Crippen molar-refractivity contribution in [1.82, 2.24) is 4.98 Å². The highest BCUT2D eigenvalue weighted by atomic mass is 16.5. The molecule has 0 amide bonds. The van der Waals surface area contributed by atoms with Crippen molar-refractivity contribution >= 4 is 0 Å². The molecule has 3 nitrogen and oxygen atoms in total. The second kappa shape index (κ2) is 4.35. The van der Waals surface area contributed by atoms with Gasteiger partial charge in [0.2, 0.25) is 0 Å². The summed E-state index contributed by atoms with van der Waals surface area (Å²) >= 11 is 0. The van der Waals surface area contributed by atoms with Gasteiger partial charge in [-0.3, -0.25) is 4.98 Å². The minimum atomic E-state index is -0.122. The fraction of sp³-hybridized carbons (Fsp3) is 0.500. The predicted octanol–water partition coefficient (Wildman–Crippen LogP) is 1.34. The maximum atomic E-state index is 5.86. The molecule has 0 fully saturated rings. The maximum Gasteiger partial charge on any atom is 0.0707 e. The van der Waals surface area contributed by atoms with Crippen LogP contribution < -0.4 is 5.73 Å². The first kappa shape index (κ1) is 10.2. The van der Waals surface area contributed by atoms with Crippen molar-refractivity contribution in [3.63, 3.8) is 0 Å². The molecular formula is C10H16N2O. The summed E-state index contributed by atoms with van der Waals surface area (Å²) in [7, 11) is 1.64. The summed E-state index contributed by atoms with van der Waals surface area (Å²) in [6.45, 7) is 4.52. The van der Waals surface area contributed by atoms with Crippen molar-refractivity contribution in [2.24, 2.45) is 5.73 Å². The molecule has 1 heterocycles. The number of aryl methyl sites for hydroxylation is 2. The predicted molar refractivity (Wildman–Crippen MR) is 52.5 cm³/mol. The Bertz CT molecular complexity index is 266. The minimum Gasteiger partial charge on any atom is -0.383 e. The SMILES string of the molecule is COCC(N)c1cc(C)cc(C)n1. The third kappa shape index (κ3) is 2.79. The van der Waals surface area contributed by atoms with Crippen LogP contribution in [0.4, 0.5) is 0 Å². The molecule has 2 N–H and O–H groups in total. The van der Waals surface area contributed by atoms with E-state index in [4.69, 9.17) is 10.5 Å². The molecule has 1 atom stereocenters. The Hall–Kier alpha value is -0.930. The molecule has 0 bridgehead atoms. The lowest BCUT2D eigenvalue weighted by Gasteiger charge is -2.11. The van der Waals surface area contributed by atoms with Crippen molar-refractivity contribution in [2.75, 3.05) is 13.7 Å². The van der Waals surface area contributed by atoms with Gasteiger partial charge in [0.1, 0.15) is 0 Å². The summed E-state index contributed by atoms with van der Waals surface area (Å²) < 4.78 is 4.97. The zero-order valence-electron chi connectivity index (χ0n) is 8.37. The number of rotatable bonds is 3. The number of ether oxygens (including phenoxy) is 1. The molecule has 0 spiro atoms. The van der Waals surface area contributed by atoms with E-state index in [0.717, 1.165) is 11.4 Å². The third-order valence-electron chi connectivity index (χ3n) is 1.84. The molecule has 1 rings (SSSR count). The van der Waals surface area contributed by atoms with E-state index in [1.54, 1.807) is 7.11 Å². The smallest absolute Gasteiger partial charge is 0.0707 e. The van der Waals surface area contributed by atoms with Crippen LogP contribution in [0.15, 0.2) is 12.1 Å². The number of hydrogen-bond donors (Lipinski definition) is 1. The van der Waals surface area contributed by atoms with Crippen molar-refractivity contribution < 1.29 is 4.74 Å². The number of aromatic nitrogens is 1. The summed E-state index contributed by atoms with van der Waals surface area (Å²) in [6, 6.07) is 3.91. The highest BCUT2D eigenvalue weighted by Gasteiger charge is 2.07. The molecule has 1 aromatic heterocycles. The Balaban J connectivity index is 2.87. The highest BCUT2D eigenvalue weighted by Crippen LogP contribution is 2.11. The van der Waals surface area contributed by atoms with E-state index < -0.39 is 0 Å². The Morgan fingerprint density at radius 3 is 2.69 bits per heavy atom. The van der Waals surface area contributed by atoms with Gasteiger partial charge in [0.25, 0.3) is 0 Å². The Labute approximate surface area is 78.9 Å². The quantitative estimate of drug-likeness (QED) is 0.763. The lowest BCUT2D eigenvalue weighted by molar-refractivity contribution is 0.179. The largest absolute Gasteiger partial charge is 0.383 e. The molecule has 0 saturated heterocycles. The average molecular weight is 180 g/mol. The maximum absolute atomic E-state index is 5.86. The first-order chi connectivity index (χ1) is 6.13. The average Bonchev–Trinajstić information content (AvgIpc) is 2.03. The van der Waals surface area contributed by atoms with Crippen LogP contribution in [0.25, 0.3) is 0 Å². The highest BCUT2D eigenvalue weighted by molar-refractivity contribution is 5.21. The van der Waals surface area contributed by atoms with E-state index >= 15 is 0 Å². The molecule has 1 unspecified atom stereocenters. The lowest BCUT2D eigenvalue weighted by atomic mass is 10.1. The van der Waals surface area contributed by atoms with Gasteiger partial charge in [-0.25, -0.2) is 0 Å². The standard InChI is InChI=1S/C10H16N2O/c1-7-4-8(2)12-10(5-7)9(11)6-13-3/h4-5,9H,6,11H2,1-3H3. The van der Waals surface area contributed by atoms with E-state index in [-0.39, 0.29) is 6.04 Å². The Morgan fingerprint density at radius 2 is 2.15 bits per heavy atom. The van der Waals surface area contributed by atoms with Gasteiger partial charge in [-0.05, 0) is 31.5 Å². The summed E-state index contributed by atoms with van der Waals surface area (Å²) in [4.78, 5) is 4.35. The van der Waals surface area contributed by atoms with E-state index in [2.05, 4.69) is 4.98 Å². The van der Waals surface area contributed by atoms with Crippen molar-refractivity contribution in [1.29, 1.82) is 0 Å². The second-order valence-electron chi connectivity index (χ2n) is 3.27. The van der Waals surface area contributed by atoms with E-state index in [1.807, 2.05) is 26.0 Å². The van der Waals surface area contributed by atoms with Gasteiger partial charge in [0.15, 0.2) is 0 Å². The molecule has 0 aromatic carbocycles. The first-order valence-electron chi connectivity index (χ1n) is 4.33. The van der Waals surface area contributed by atoms with E-state index in [1.165, 1.54) is 5.56 Å². The van der Waals surface area contributed by atoms with Gasteiger partial charge < -0.3 is 10.5 Å². The van der Waals surface area contributed by atoms with Gasteiger partial charge in [-0.15, -0.1) is 0 Å². The van der Waals surface area contributed by atoms with Crippen LogP contribution in [-0.4, -0.2) is 18.7 Å². The summed E-state index contributed by atoms with van der Waals surface area (Å²) in [6.07, 6.45) is 0. The zero-order valence-corrected chi connectivity index (χ0v) is 8.37. The molecule has 0 saturated carbocycles. The van der Waals surface area contributed by atoms with Crippen LogP contribution in [0.2, 0.25) is 0 Å². The van der Waals surface area contributed by atoms with Crippen LogP contribution in [0.5, 0.6) is 0 Å². The van der Waals surface area contributed by atoms with Crippen LogP contribution >= 0.6 is 0 Å². The normalized spacial score (nSPS) is 12.9. The summed E-state index contributed by atoms with van der Waals surface area (Å²) in [5, 5.41) is 0. The molecule has 0 aliphatic rings. The van der Waals surface area contributed by atoms with Gasteiger partial charge in [0, 0.05) is 12.8 Å². The molecule has 0 aliphatic heterocycles. The number of hydrogen-bond acceptors (Lipinski definition) is 3. The van der Waals surface area contributed by atoms with E-state index in [9.17, 15) is 0 Å². The first-order valence-corrected chi connectivity index (χ1v) is 4.33. The van der Waals surface area contributed by atoms with Gasteiger partial charge in [-0.1, -0.05) is 0 Å². The lowest BCUT2D eigenvalue weighted by Crippen LogP contribution is -2.18. The number of methoxy groups -OCH3 is 1.